The molecule has 10 nitrogen and oxygen atoms in total. The van der Waals surface area contributed by atoms with Gasteiger partial charge in [0.1, 0.15) is 0 Å². The maximum Gasteiger partial charge on any atom is 0.280 e. The molecule has 1 amide bonds. The highest BCUT2D eigenvalue weighted by Crippen LogP contribution is 2.43. The minimum Gasteiger partial charge on any atom is -0.477 e. The third-order valence-corrected chi connectivity index (χ3v) is 8.07. The highest BCUT2D eigenvalue weighted by molar-refractivity contribution is 6.19. The lowest BCUT2D eigenvalue weighted by Crippen LogP contribution is -2.36. The Hall–Kier alpha value is -3.92. The van der Waals surface area contributed by atoms with Crippen molar-refractivity contribution in [2.45, 2.75) is 45.6 Å². The third-order valence-electron chi connectivity index (χ3n) is 8.07. The zero-order chi connectivity index (χ0) is 28.7. The van der Waals surface area contributed by atoms with Gasteiger partial charge in [-0.05, 0) is 95.8 Å². The van der Waals surface area contributed by atoms with Crippen LogP contribution in [0.15, 0.2) is 41.5 Å². The van der Waals surface area contributed by atoms with Crippen molar-refractivity contribution in [1.82, 2.24) is 19.7 Å². The van der Waals surface area contributed by atoms with E-state index in [9.17, 15) is 4.79 Å². The lowest BCUT2D eigenvalue weighted by atomic mass is 9.97. The van der Waals surface area contributed by atoms with Crippen LogP contribution in [0.1, 0.15) is 48.7 Å². The van der Waals surface area contributed by atoms with Gasteiger partial charge in [0.25, 0.3) is 5.91 Å². The van der Waals surface area contributed by atoms with E-state index in [1.165, 1.54) is 12.8 Å². The Kier molecular flexibility index (Phi) is 7.42. The van der Waals surface area contributed by atoms with Crippen molar-refractivity contribution in [2.75, 3.05) is 49.3 Å². The van der Waals surface area contributed by atoms with Crippen LogP contribution in [0.25, 0.3) is 11.3 Å². The van der Waals surface area contributed by atoms with Crippen molar-refractivity contribution in [3.05, 3.63) is 47.8 Å². The standard InChI is InChI=1S/C31H40N8O2/c1-19-13-23-14-27(34-19)25-16-32-38(5)30(25)41-12-6-7-22(21-8-9-21)18-39-28-15-24(33-20(2)17-37(3)4)10-11-26(28)35-31(39)36-29(23)40/h10-11,13-16,20-22,33H,6-9,12,17-18H2,1-5H3,(H,35,36,40)/t20-,22+/m0/s1. The summed E-state index contributed by atoms with van der Waals surface area (Å²) in [5.74, 6) is 2.10. The highest BCUT2D eigenvalue weighted by Gasteiger charge is 2.36. The second kappa shape index (κ2) is 11.2. The van der Waals surface area contributed by atoms with E-state index in [4.69, 9.17) is 9.72 Å². The van der Waals surface area contributed by atoms with Crippen LogP contribution in [0.4, 0.5) is 17.1 Å². The number of rotatable bonds is 5. The van der Waals surface area contributed by atoms with Crippen molar-refractivity contribution in [3.63, 3.8) is 0 Å². The Morgan fingerprint density at radius 2 is 2.00 bits per heavy atom. The number of amides is 1. The lowest BCUT2D eigenvalue weighted by molar-refractivity contribution is 0.100. The van der Waals surface area contributed by atoms with E-state index in [0.717, 1.165) is 54.3 Å². The van der Waals surface area contributed by atoms with Crippen LogP contribution in [-0.2, 0) is 7.05 Å². The molecule has 0 spiro atoms. The quantitative estimate of drug-likeness (QED) is 0.463. The number of carbonyl (C=O) groups is 1. The molecule has 2 aromatic heterocycles. The summed E-state index contributed by atoms with van der Waals surface area (Å²) < 4.78 is 8.01. The first-order chi connectivity index (χ1) is 19.7. The van der Waals surface area contributed by atoms with E-state index >= 15 is 0 Å². The number of hydrogen-bond acceptors (Lipinski definition) is 8. The fourth-order valence-electron chi connectivity index (χ4n) is 6.06. The SMILES string of the molecule is Cc1cc2cc(n1)-c1cnn(C)c1OCCC[C@@H](C1CC1)CN1/C(=N/C2=O)Nc2ccc(N[C@@H](C)CN(C)C)cc21. The smallest absolute Gasteiger partial charge is 0.280 e. The number of ether oxygens (including phenoxy) is 1. The van der Waals surface area contributed by atoms with Gasteiger partial charge in [-0.2, -0.15) is 10.1 Å². The number of fused-ring (bicyclic) bond motifs is 7. The molecule has 1 aliphatic carbocycles. The number of aromatic nitrogens is 3. The number of carbonyl (C=O) groups excluding carboxylic acids is 1. The number of hydrogen-bond donors (Lipinski definition) is 2. The Morgan fingerprint density at radius 1 is 1.17 bits per heavy atom. The van der Waals surface area contributed by atoms with Gasteiger partial charge in [-0.1, -0.05) is 0 Å². The zero-order valence-corrected chi connectivity index (χ0v) is 24.6. The number of guanidine groups is 1. The summed E-state index contributed by atoms with van der Waals surface area (Å²) in [7, 11) is 6.04. The molecule has 2 N–H and O–H groups in total. The van der Waals surface area contributed by atoms with Crippen LogP contribution in [0.2, 0.25) is 0 Å². The molecular weight excluding hydrogens is 516 g/mol. The van der Waals surface area contributed by atoms with E-state index in [-0.39, 0.29) is 11.9 Å². The van der Waals surface area contributed by atoms with Gasteiger partial charge in [-0.15, -0.1) is 0 Å². The van der Waals surface area contributed by atoms with Gasteiger partial charge in [0.15, 0.2) is 0 Å². The predicted molar refractivity (Wildman–Crippen MR) is 163 cm³/mol. The monoisotopic (exact) mass is 556 g/mol. The molecule has 10 heteroatoms. The molecular formula is C31H40N8O2. The van der Waals surface area contributed by atoms with Crippen molar-refractivity contribution in [2.24, 2.45) is 23.9 Å². The van der Waals surface area contributed by atoms with Crippen LogP contribution in [-0.4, -0.2) is 71.4 Å². The molecule has 2 bridgehead atoms. The fraction of sp³-hybridized carbons (Fsp3) is 0.484. The van der Waals surface area contributed by atoms with Gasteiger partial charge in [0.05, 0.1) is 35.4 Å². The van der Waals surface area contributed by atoms with E-state index in [2.05, 4.69) is 69.7 Å². The molecule has 3 aliphatic rings. The van der Waals surface area contributed by atoms with Gasteiger partial charge < -0.3 is 25.2 Å². The molecule has 6 rings (SSSR count). The minimum absolute atomic E-state index is 0.290. The number of aryl methyl sites for hydroxylation is 2. The fourth-order valence-corrected chi connectivity index (χ4v) is 6.06. The predicted octanol–water partition coefficient (Wildman–Crippen LogP) is 4.78. The second-order valence-corrected chi connectivity index (χ2v) is 12.0. The first kappa shape index (κ1) is 27.3. The second-order valence-electron chi connectivity index (χ2n) is 12.0. The molecule has 0 unspecified atom stereocenters. The number of benzene rings is 1. The Bertz CT molecular complexity index is 1470. The van der Waals surface area contributed by atoms with Gasteiger partial charge >= 0.3 is 0 Å². The maximum atomic E-state index is 13.7. The van der Waals surface area contributed by atoms with E-state index in [1.807, 2.05) is 14.0 Å². The van der Waals surface area contributed by atoms with E-state index in [1.54, 1.807) is 23.0 Å². The van der Waals surface area contributed by atoms with Gasteiger partial charge in [0.2, 0.25) is 11.8 Å². The van der Waals surface area contributed by atoms with Gasteiger partial charge in [0, 0.05) is 43.1 Å². The molecule has 1 aromatic carbocycles. The van der Waals surface area contributed by atoms with E-state index < -0.39 is 0 Å². The number of aliphatic imine (C=N–C) groups is 1. The van der Waals surface area contributed by atoms with Gasteiger partial charge in [-0.3, -0.25) is 9.78 Å². The van der Waals surface area contributed by atoms with Crippen molar-refractivity contribution in [3.8, 4) is 17.1 Å². The molecule has 216 valence electrons. The van der Waals surface area contributed by atoms with Crippen molar-refractivity contribution >= 4 is 28.9 Å². The number of nitrogens with one attached hydrogen (secondary N) is 2. The number of nitrogens with zero attached hydrogens (tertiary/aromatic N) is 6. The number of likely N-dealkylation sites (N-methyl/N-ethyl adjacent to an activating group) is 1. The van der Waals surface area contributed by atoms with Crippen LogP contribution in [0.5, 0.6) is 5.88 Å². The van der Waals surface area contributed by atoms with Crippen LogP contribution in [0, 0.1) is 18.8 Å². The van der Waals surface area contributed by atoms with Crippen molar-refractivity contribution < 1.29 is 9.53 Å². The third kappa shape index (κ3) is 5.93. The summed E-state index contributed by atoms with van der Waals surface area (Å²) in [5.41, 5.74) is 5.73. The molecule has 1 fully saturated rings. The Balaban J connectivity index is 1.38. The topological polar surface area (TPSA) is 99.9 Å². The van der Waals surface area contributed by atoms with Crippen LogP contribution < -0.4 is 20.3 Å². The summed E-state index contributed by atoms with van der Waals surface area (Å²) in [4.78, 5) is 27.4. The molecule has 3 aromatic rings. The molecule has 41 heavy (non-hydrogen) atoms. The van der Waals surface area contributed by atoms with E-state index in [0.29, 0.717) is 41.5 Å². The number of pyridine rings is 1. The first-order valence-electron chi connectivity index (χ1n) is 14.6. The average molecular weight is 557 g/mol. The number of anilines is 3. The molecule has 0 saturated heterocycles. The summed E-state index contributed by atoms with van der Waals surface area (Å²) >= 11 is 0. The molecule has 2 atom stereocenters. The maximum absolute atomic E-state index is 13.7. The molecule has 1 saturated carbocycles. The molecule has 0 radical (unpaired) electrons. The lowest BCUT2D eigenvalue weighted by Gasteiger charge is -2.26. The first-order valence-corrected chi connectivity index (χ1v) is 14.6. The van der Waals surface area contributed by atoms with Crippen molar-refractivity contribution in [1.29, 1.82) is 0 Å². The zero-order valence-electron chi connectivity index (χ0n) is 24.6. The molecule has 4 heterocycles. The van der Waals surface area contributed by atoms with Crippen LogP contribution in [0.3, 0.4) is 0 Å². The Labute approximate surface area is 241 Å². The minimum atomic E-state index is -0.306. The van der Waals surface area contributed by atoms with Crippen LogP contribution >= 0.6 is 0 Å². The average Bonchev–Trinajstić information content (AvgIpc) is 3.62. The van der Waals surface area contributed by atoms with Gasteiger partial charge in [-0.25, -0.2) is 4.68 Å². The molecule has 2 aliphatic heterocycles. The summed E-state index contributed by atoms with van der Waals surface area (Å²) in [5, 5.41) is 11.5. The summed E-state index contributed by atoms with van der Waals surface area (Å²) in [6, 6.07) is 10.2. The summed E-state index contributed by atoms with van der Waals surface area (Å²) in [6.07, 6.45) is 6.22. The highest BCUT2D eigenvalue weighted by atomic mass is 16.5. The normalized spacial score (nSPS) is 20.9. The largest absolute Gasteiger partial charge is 0.477 e. The Morgan fingerprint density at radius 3 is 2.78 bits per heavy atom. The summed E-state index contributed by atoms with van der Waals surface area (Å²) in [6.45, 7) is 6.40.